The molecule has 0 aliphatic heterocycles. The standard InChI is InChI=1S/C54H82N2O6.C18H26N2O6.C16H20N2O4.C15H20N2O5S.C3H8/c1-9-11-13-15-17-19-21-23-25-27-37-55-48(62-61-8)39-46-50(54(6,7)45-35-31-42(4)32-36-45)52(58)47(49(51(46)57)43(5)44-33-29-41(3)30-34-44)40-56(53(59)60)38-28-26-24-22-20-18-16-14-12-10-2;1-7-8-12-13(9-15(19-3)26-25-6)16(21)11(2)14(17(12)22)10-20(4)18(23)24-5;1-10-8-12(15(19)17(3)4)6-7-14(10)18-16(20)13(9-21-5)11(2)22-18;1-10-8-12(23(19,20)16(3)4)6-7-14(10)17-15(18)13(9-21-5)11(2)22-17;1-3-2/h29-36,43H,9-28,37-40H2,1-8H3,(H,59,60);7-10H2,1-6H3;6-8H,9H2,1-5H3;6-8H,9H2,1-5H3;3H2,1-2H3. The largest absolute Gasteiger partial charge is 0.465 e. The number of unbranched alkanes of at least 4 members (excludes halogenated alkanes) is 18. The minimum atomic E-state index is -3.52. The van der Waals surface area contributed by atoms with Gasteiger partial charge in [-0.3, -0.25) is 43.5 Å². The number of ketones is 4. The Morgan fingerprint density at radius 1 is 0.522 bits per heavy atom. The van der Waals surface area contributed by atoms with Crippen LogP contribution in [0.4, 0.5) is 9.59 Å². The van der Waals surface area contributed by atoms with Crippen LogP contribution < -0.4 is 11.1 Å². The van der Waals surface area contributed by atoms with E-state index >= 15 is 9.59 Å². The zero-order chi connectivity index (χ0) is 102. The smallest absolute Gasteiger partial charge is 0.409 e. The third kappa shape index (κ3) is 34.4. The van der Waals surface area contributed by atoms with E-state index in [1.54, 1.807) is 66.1 Å². The van der Waals surface area contributed by atoms with Crippen molar-refractivity contribution in [2.24, 2.45) is 9.98 Å². The van der Waals surface area contributed by atoms with Crippen LogP contribution in [0.5, 0.6) is 0 Å². The summed E-state index contributed by atoms with van der Waals surface area (Å²) in [6, 6.07) is 25.7. The van der Waals surface area contributed by atoms with Crippen molar-refractivity contribution < 1.29 is 89.9 Å². The van der Waals surface area contributed by atoms with Crippen molar-refractivity contribution >= 4 is 63.0 Å². The minimum absolute atomic E-state index is 0.00682. The zero-order valence-corrected chi connectivity index (χ0v) is 87.0. The second kappa shape index (κ2) is 60.1. The fourth-order valence-electron chi connectivity index (χ4n) is 16.0. The first-order valence-electron chi connectivity index (χ1n) is 47.8. The quantitative estimate of drug-likeness (QED) is 0.00926. The molecule has 0 spiro atoms. The van der Waals surface area contributed by atoms with Gasteiger partial charge in [-0.2, -0.15) is 9.78 Å². The van der Waals surface area contributed by atoms with Crippen molar-refractivity contribution in [3.05, 3.63) is 212 Å². The third-order valence-electron chi connectivity index (χ3n) is 23.9. The van der Waals surface area contributed by atoms with E-state index in [1.165, 1.54) is 185 Å². The number of rotatable bonds is 47. The molecular weight excluding hydrogens is 1750 g/mol. The molecule has 1 atom stereocenters. The van der Waals surface area contributed by atoms with Gasteiger partial charge in [0.25, 0.3) is 17.0 Å². The van der Waals surface area contributed by atoms with Gasteiger partial charge in [0.05, 0.1) is 87.9 Å². The maximum atomic E-state index is 15.5. The van der Waals surface area contributed by atoms with E-state index in [0.29, 0.717) is 110 Å². The Kier molecular flexibility index (Phi) is 51.9. The van der Waals surface area contributed by atoms with Gasteiger partial charge in [-0.05, 0) is 126 Å². The summed E-state index contributed by atoms with van der Waals surface area (Å²) >= 11 is 0. The summed E-state index contributed by atoms with van der Waals surface area (Å²) in [5.41, 5.74) is 9.11. The topological polar surface area (TPSA) is 346 Å². The number of aromatic nitrogens is 2. The van der Waals surface area contributed by atoms with Crippen LogP contribution in [0.2, 0.25) is 0 Å². The van der Waals surface area contributed by atoms with Gasteiger partial charge in [-0.15, -0.1) is 9.48 Å². The second-order valence-corrected chi connectivity index (χ2v) is 37.7. The van der Waals surface area contributed by atoms with Crippen molar-refractivity contribution in [1.82, 2.24) is 28.5 Å². The molecule has 4 aromatic carbocycles. The summed E-state index contributed by atoms with van der Waals surface area (Å²) in [5.74, 6) is -0.179. The molecule has 8 rings (SSSR count). The fraction of sp³-hybridized carbons (Fsp3) is 0.557. The molecule has 2 aliphatic rings. The van der Waals surface area contributed by atoms with E-state index in [9.17, 15) is 47.1 Å². The van der Waals surface area contributed by atoms with Gasteiger partial charge in [0.15, 0.2) is 23.1 Å². The van der Waals surface area contributed by atoms with E-state index in [-0.39, 0.29) is 108 Å². The number of likely N-dealkylation sites (N-methyl/N-ethyl adjacent to an activating group) is 1. The zero-order valence-electron chi connectivity index (χ0n) is 86.2. The Bertz CT molecular complexity index is 5340. The van der Waals surface area contributed by atoms with Crippen molar-refractivity contribution in [3.63, 3.8) is 0 Å². The van der Waals surface area contributed by atoms with Gasteiger partial charge in [0.2, 0.25) is 21.8 Å². The number of aliphatic imine (C=N–C) groups is 2. The molecular formula is C106H156N8O21S. The maximum Gasteiger partial charge on any atom is 0.409 e. The number of hydrogen-bond acceptors (Lipinski definition) is 22. The molecule has 752 valence electrons. The number of hydrogen-bond donors (Lipinski definition) is 1. The summed E-state index contributed by atoms with van der Waals surface area (Å²) in [7, 11) is 12.9. The number of carbonyl (C=O) groups is 7. The molecule has 0 bridgehead atoms. The Hall–Kier alpha value is -10.8. The number of carboxylic acid groups (broad SMARTS) is 1. The molecule has 30 heteroatoms. The van der Waals surface area contributed by atoms with Crippen LogP contribution in [0, 0.1) is 41.5 Å². The minimum Gasteiger partial charge on any atom is -0.465 e. The lowest BCUT2D eigenvalue weighted by atomic mass is 9.66. The number of benzene rings is 4. The maximum absolute atomic E-state index is 15.5. The predicted octanol–water partition coefficient (Wildman–Crippen LogP) is 21.3. The van der Waals surface area contributed by atoms with Gasteiger partial charge >= 0.3 is 12.2 Å². The molecule has 6 aromatic rings. The highest BCUT2D eigenvalue weighted by Crippen LogP contribution is 2.45. The van der Waals surface area contributed by atoms with Crippen LogP contribution in [0.15, 0.2) is 163 Å². The first-order chi connectivity index (χ1) is 64.7. The SMILES string of the molecule is CCC.CCCC1=C(CC(=NC)OOC)C(=O)C(C)=C(CN(C)C(=O)OC)C1=O.CCCCCCCCCCCCN=C(CC1=C(C(C)(C)c2ccc(C)cc2)C(=O)C(CN(CCCCCCCCCCCC)C(=O)O)=C(C(C)c2ccc(C)cc2)C1=O)OOC.COCc1c(C)on(-c2ccc(C(=O)N(C)C)cc2C)c1=O.COCc1c(C)on(-c2ccc(S(=O)(=O)N(C)C)cc2C)c1=O. The number of amides is 3. The van der Waals surface area contributed by atoms with Gasteiger partial charge in [0, 0.05) is 131 Å². The highest BCUT2D eigenvalue weighted by atomic mass is 32.2. The number of sulfonamides is 1. The molecule has 3 amide bonds. The molecule has 2 aliphatic carbocycles. The third-order valence-corrected chi connectivity index (χ3v) is 25.7. The van der Waals surface area contributed by atoms with Crippen molar-refractivity contribution in [3.8, 4) is 11.4 Å². The second-order valence-electron chi connectivity index (χ2n) is 35.6. The number of carbonyl (C=O) groups excluding carboxylic acids is 6. The van der Waals surface area contributed by atoms with Crippen LogP contribution in [0.3, 0.4) is 0 Å². The molecule has 0 saturated carbocycles. The van der Waals surface area contributed by atoms with Crippen LogP contribution in [0.1, 0.15) is 295 Å². The van der Waals surface area contributed by atoms with E-state index in [1.807, 2.05) is 97.0 Å². The van der Waals surface area contributed by atoms with Crippen LogP contribution >= 0.6 is 0 Å². The van der Waals surface area contributed by atoms with Gasteiger partial charge in [0.1, 0.15) is 11.5 Å². The Morgan fingerprint density at radius 3 is 1.43 bits per heavy atom. The molecule has 0 fully saturated rings. The van der Waals surface area contributed by atoms with E-state index in [4.69, 9.17) is 38.2 Å². The van der Waals surface area contributed by atoms with E-state index in [0.717, 1.165) is 75.4 Å². The average Bonchev–Trinajstić information content (AvgIpc) is 0.806. The number of allylic oxidation sites excluding steroid dienone is 4. The van der Waals surface area contributed by atoms with Gasteiger partial charge < -0.3 is 52.8 Å². The summed E-state index contributed by atoms with van der Waals surface area (Å²) in [5, 5.41) is 10.6. The van der Waals surface area contributed by atoms with E-state index in [2.05, 4.69) is 42.3 Å². The van der Waals surface area contributed by atoms with Gasteiger partial charge in [-0.1, -0.05) is 243 Å². The summed E-state index contributed by atoms with van der Waals surface area (Å²) in [4.78, 5) is 152. The van der Waals surface area contributed by atoms with Crippen LogP contribution in [-0.4, -0.2) is 199 Å². The number of ether oxygens (including phenoxy) is 3. The molecule has 0 radical (unpaired) electrons. The Morgan fingerprint density at radius 2 is 0.985 bits per heavy atom. The van der Waals surface area contributed by atoms with Crippen LogP contribution in [-0.2, 0) is 81.6 Å². The fourth-order valence-corrected chi connectivity index (χ4v) is 17.0. The molecule has 136 heavy (non-hydrogen) atoms. The Labute approximate surface area is 808 Å². The normalized spacial score (nSPS) is 13.4. The number of methoxy groups -OCH3 is 3. The molecule has 1 unspecified atom stereocenters. The van der Waals surface area contributed by atoms with Crippen molar-refractivity contribution in [2.45, 2.75) is 294 Å². The number of nitrogens with zero attached hydrogens (tertiary/aromatic N) is 8. The van der Waals surface area contributed by atoms with E-state index < -0.39 is 33.5 Å². The first-order valence-corrected chi connectivity index (χ1v) is 49.3. The number of Topliss-reactive ketones (excluding diaryl/α,β-unsaturated/α-hetero) is 4. The van der Waals surface area contributed by atoms with Crippen molar-refractivity contribution in [1.29, 1.82) is 0 Å². The molecule has 0 saturated heterocycles. The molecule has 2 heterocycles. The lowest BCUT2D eigenvalue weighted by molar-refractivity contribution is -0.196. The van der Waals surface area contributed by atoms with Gasteiger partial charge in [-0.25, -0.2) is 22.3 Å². The van der Waals surface area contributed by atoms with Crippen LogP contribution in [0.25, 0.3) is 11.4 Å². The average molecular weight is 1910 g/mol. The Balaban J connectivity index is 0.000000425. The van der Waals surface area contributed by atoms with Crippen molar-refractivity contribution in [2.75, 3.05) is 104 Å². The lowest BCUT2D eigenvalue weighted by Gasteiger charge is -2.36. The monoisotopic (exact) mass is 1910 g/mol. The number of aryl methyl sites for hydroxylation is 6. The lowest BCUT2D eigenvalue weighted by Crippen LogP contribution is -2.41. The molecule has 1 N–H and O–H groups in total. The summed E-state index contributed by atoms with van der Waals surface area (Å²) in [6.07, 6.45) is 24.2. The molecule has 29 nitrogen and oxygen atoms in total. The highest BCUT2D eigenvalue weighted by Gasteiger charge is 2.45. The molecule has 2 aromatic heterocycles. The predicted molar refractivity (Wildman–Crippen MR) is 536 cm³/mol. The first kappa shape index (κ1) is 118. The highest BCUT2D eigenvalue weighted by molar-refractivity contribution is 7.89. The summed E-state index contributed by atoms with van der Waals surface area (Å²) < 4.78 is 53.6. The summed E-state index contributed by atoms with van der Waals surface area (Å²) in [6.45, 7) is 30.1.